The lowest BCUT2D eigenvalue weighted by Gasteiger charge is -2.40. The Kier molecular flexibility index (Phi) is 8.54. The van der Waals surface area contributed by atoms with Crippen molar-refractivity contribution >= 4 is 29.3 Å². The van der Waals surface area contributed by atoms with Gasteiger partial charge >= 0.3 is 5.97 Å². The van der Waals surface area contributed by atoms with Crippen LogP contribution in [0.2, 0.25) is 0 Å². The van der Waals surface area contributed by atoms with E-state index >= 15 is 0 Å². The highest BCUT2D eigenvalue weighted by molar-refractivity contribution is 5.69. The first-order chi connectivity index (χ1) is 21.0. The van der Waals surface area contributed by atoms with Gasteiger partial charge in [-0.05, 0) is 49.4 Å². The van der Waals surface area contributed by atoms with Crippen molar-refractivity contribution in [3.05, 3.63) is 42.4 Å². The van der Waals surface area contributed by atoms with Crippen molar-refractivity contribution in [2.45, 2.75) is 25.7 Å². The number of hydrogen-bond donors (Lipinski definition) is 1. The second-order valence-electron chi connectivity index (χ2n) is 10.9. The molecule has 13 nitrogen and oxygen atoms in total. The maximum atomic E-state index is 14.9. The molecule has 5 heterocycles. The summed E-state index contributed by atoms with van der Waals surface area (Å²) in [6.45, 7) is 6.15. The Morgan fingerprint density at radius 2 is 1.98 bits per heavy atom. The third-order valence-electron chi connectivity index (χ3n) is 7.94. The number of fused-ring (bicyclic) bond motifs is 1. The van der Waals surface area contributed by atoms with Gasteiger partial charge in [0.05, 0.1) is 25.7 Å². The number of nitrogen functional groups attached to an aromatic ring is 1. The number of esters is 1. The summed E-state index contributed by atoms with van der Waals surface area (Å²) in [6.07, 6.45) is 4.52. The molecule has 228 valence electrons. The highest BCUT2D eigenvalue weighted by Crippen LogP contribution is 2.27. The van der Waals surface area contributed by atoms with E-state index in [1.807, 2.05) is 0 Å². The number of nitrogens with two attached hydrogens (primary N) is 1. The number of halogens is 1. The maximum Gasteiger partial charge on any atom is 0.305 e. The Morgan fingerprint density at radius 3 is 2.74 bits per heavy atom. The number of rotatable bonds is 10. The molecule has 0 aliphatic carbocycles. The van der Waals surface area contributed by atoms with Crippen molar-refractivity contribution < 1.29 is 23.1 Å². The van der Waals surface area contributed by atoms with Crippen LogP contribution in [0.15, 0.2) is 41.0 Å². The SMILES string of the molecule is COC(=O)CCCOc1ccc(N2CCN(C[C@@H]3CCCN(c4nc(N)n5nc(-c6ccco6)nc5n4)C3)CC2)c(F)c1. The number of piperidine rings is 1. The highest BCUT2D eigenvalue weighted by Gasteiger charge is 2.27. The Balaban J connectivity index is 1.01. The van der Waals surface area contributed by atoms with Crippen molar-refractivity contribution in [2.75, 3.05) is 75.1 Å². The Labute approximate surface area is 248 Å². The molecule has 2 aliphatic heterocycles. The smallest absolute Gasteiger partial charge is 0.305 e. The maximum absolute atomic E-state index is 14.9. The van der Waals surface area contributed by atoms with Crippen LogP contribution in [-0.4, -0.2) is 95.0 Å². The zero-order chi connectivity index (χ0) is 29.8. The number of hydrogen-bond acceptors (Lipinski definition) is 12. The van der Waals surface area contributed by atoms with Crippen molar-refractivity contribution in [1.82, 2.24) is 29.5 Å². The van der Waals surface area contributed by atoms with Crippen LogP contribution in [0.1, 0.15) is 25.7 Å². The van der Waals surface area contributed by atoms with Gasteiger partial charge in [0.1, 0.15) is 11.6 Å². The van der Waals surface area contributed by atoms with E-state index < -0.39 is 0 Å². The number of aromatic nitrogens is 5. The summed E-state index contributed by atoms with van der Waals surface area (Å²) < 4.78 is 32.0. The van der Waals surface area contributed by atoms with Crippen LogP contribution >= 0.6 is 0 Å². The van der Waals surface area contributed by atoms with Gasteiger partial charge in [0.15, 0.2) is 5.76 Å². The molecule has 6 rings (SSSR count). The van der Waals surface area contributed by atoms with Crippen LogP contribution in [0.3, 0.4) is 0 Å². The van der Waals surface area contributed by atoms with Gasteiger partial charge in [-0.2, -0.15) is 19.5 Å². The molecular formula is C29H36FN9O4. The van der Waals surface area contributed by atoms with Crippen LogP contribution in [0.25, 0.3) is 17.4 Å². The van der Waals surface area contributed by atoms with Gasteiger partial charge < -0.3 is 29.4 Å². The summed E-state index contributed by atoms with van der Waals surface area (Å²) in [7, 11) is 1.36. The Hall–Kier alpha value is -4.46. The van der Waals surface area contributed by atoms with Gasteiger partial charge in [0, 0.05) is 58.3 Å². The molecule has 1 aromatic carbocycles. The molecule has 0 saturated carbocycles. The van der Waals surface area contributed by atoms with Gasteiger partial charge in [0.25, 0.3) is 5.78 Å². The van der Waals surface area contributed by atoms with Gasteiger partial charge in [-0.1, -0.05) is 0 Å². The molecule has 4 aromatic rings. The lowest BCUT2D eigenvalue weighted by atomic mass is 9.97. The predicted molar refractivity (Wildman–Crippen MR) is 157 cm³/mol. The number of methoxy groups -OCH3 is 1. The first kappa shape index (κ1) is 28.6. The molecule has 14 heteroatoms. The fourth-order valence-corrected chi connectivity index (χ4v) is 5.72. The fraction of sp³-hybridized carbons (Fsp3) is 0.483. The minimum Gasteiger partial charge on any atom is -0.493 e. The van der Waals surface area contributed by atoms with E-state index in [0.29, 0.717) is 53.7 Å². The molecule has 0 unspecified atom stereocenters. The first-order valence-electron chi connectivity index (χ1n) is 14.6. The molecule has 2 N–H and O–H groups in total. The molecule has 0 spiro atoms. The standard InChI is InChI=1S/C29H36FN9O4/c1-41-25(40)7-4-15-42-21-8-9-23(22(30)17-21)37-13-11-36(12-14-37)18-20-5-2-10-38(19-20)28-33-27(31)39-29(34-28)32-26(35-39)24-6-3-16-43-24/h3,6,8-9,16-17,20H,2,4-5,7,10-15,18-19H2,1H3,(H2,31,32,33,34,35)/t20-/m0/s1. The zero-order valence-corrected chi connectivity index (χ0v) is 24.2. The largest absolute Gasteiger partial charge is 0.493 e. The Morgan fingerprint density at radius 1 is 1.12 bits per heavy atom. The van der Waals surface area contributed by atoms with E-state index in [2.05, 4.69) is 39.5 Å². The number of anilines is 3. The van der Waals surface area contributed by atoms with Gasteiger partial charge in [-0.25, -0.2) is 4.39 Å². The number of furan rings is 1. The van der Waals surface area contributed by atoms with E-state index in [0.717, 1.165) is 58.7 Å². The minimum atomic E-state index is -0.304. The topological polar surface area (TPSA) is 140 Å². The second-order valence-corrected chi connectivity index (χ2v) is 10.9. The van der Waals surface area contributed by atoms with Crippen molar-refractivity contribution in [3.63, 3.8) is 0 Å². The van der Waals surface area contributed by atoms with Crippen molar-refractivity contribution in [1.29, 1.82) is 0 Å². The number of benzene rings is 1. The fourth-order valence-electron chi connectivity index (χ4n) is 5.72. The predicted octanol–water partition coefficient (Wildman–Crippen LogP) is 2.87. The normalized spacial score (nSPS) is 17.9. The van der Waals surface area contributed by atoms with Crippen LogP contribution in [-0.2, 0) is 9.53 Å². The minimum absolute atomic E-state index is 0.231. The van der Waals surface area contributed by atoms with Gasteiger partial charge in [0.2, 0.25) is 17.7 Å². The summed E-state index contributed by atoms with van der Waals surface area (Å²) in [6, 6.07) is 8.54. The molecule has 1 atom stereocenters. The molecule has 0 bridgehead atoms. The van der Waals surface area contributed by atoms with Crippen LogP contribution in [0.4, 0.5) is 22.0 Å². The van der Waals surface area contributed by atoms with E-state index in [1.54, 1.807) is 30.5 Å². The molecule has 3 aromatic heterocycles. The summed E-state index contributed by atoms with van der Waals surface area (Å²) >= 11 is 0. The van der Waals surface area contributed by atoms with Crippen molar-refractivity contribution in [3.8, 4) is 17.3 Å². The lowest BCUT2D eigenvalue weighted by Crippen LogP contribution is -2.50. The number of nitrogens with zero attached hydrogens (tertiary/aromatic N) is 8. The molecule has 2 saturated heterocycles. The van der Waals surface area contributed by atoms with Crippen LogP contribution in [0.5, 0.6) is 5.75 Å². The molecule has 43 heavy (non-hydrogen) atoms. The molecule has 2 aliphatic rings. The zero-order valence-electron chi connectivity index (χ0n) is 24.2. The van der Waals surface area contributed by atoms with Gasteiger partial charge in [-0.3, -0.25) is 9.69 Å². The number of carbonyl (C=O) groups is 1. The third kappa shape index (κ3) is 6.63. The van der Waals surface area contributed by atoms with Crippen LogP contribution in [0, 0.1) is 11.7 Å². The molecular weight excluding hydrogens is 557 g/mol. The number of piperazine rings is 1. The average molecular weight is 594 g/mol. The first-order valence-corrected chi connectivity index (χ1v) is 14.6. The van der Waals surface area contributed by atoms with E-state index in [4.69, 9.17) is 14.9 Å². The van der Waals surface area contributed by atoms with E-state index in [9.17, 15) is 9.18 Å². The van der Waals surface area contributed by atoms with Crippen LogP contribution < -0.4 is 20.3 Å². The molecule has 0 radical (unpaired) electrons. The highest BCUT2D eigenvalue weighted by atomic mass is 19.1. The Bertz CT molecular complexity index is 1540. The van der Waals surface area contributed by atoms with Gasteiger partial charge in [-0.15, -0.1) is 5.10 Å². The monoisotopic (exact) mass is 593 g/mol. The molecule has 0 amide bonds. The summed E-state index contributed by atoms with van der Waals surface area (Å²) in [5, 5.41) is 4.38. The summed E-state index contributed by atoms with van der Waals surface area (Å²) in [4.78, 5) is 31.6. The van der Waals surface area contributed by atoms with Crippen molar-refractivity contribution in [2.24, 2.45) is 5.92 Å². The summed E-state index contributed by atoms with van der Waals surface area (Å²) in [5.74, 6) is 2.45. The third-order valence-corrected chi connectivity index (χ3v) is 7.94. The summed E-state index contributed by atoms with van der Waals surface area (Å²) in [5.41, 5.74) is 6.81. The van der Waals surface area contributed by atoms with E-state index in [-0.39, 0.29) is 24.2 Å². The number of ether oxygens (including phenoxy) is 2. The lowest BCUT2D eigenvalue weighted by molar-refractivity contribution is -0.140. The number of carbonyl (C=O) groups excluding carboxylic acids is 1. The quantitative estimate of drug-likeness (QED) is 0.214. The second kappa shape index (κ2) is 12.8. The van der Waals surface area contributed by atoms with E-state index in [1.165, 1.54) is 17.7 Å². The average Bonchev–Trinajstić information content (AvgIpc) is 3.71. The molecule has 2 fully saturated rings.